The molecule has 0 radical (unpaired) electrons. The largest absolute Gasteiger partial charge is 0.392 e. The number of benzene rings is 2. The van der Waals surface area contributed by atoms with Crippen molar-refractivity contribution in [3.8, 4) is 0 Å². The second kappa shape index (κ2) is 18.4. The molecule has 2 fully saturated rings. The maximum atomic E-state index is 7.60. The Morgan fingerprint density at radius 2 is 1.15 bits per heavy atom. The summed E-state index contributed by atoms with van der Waals surface area (Å²) in [4.78, 5) is 0. The van der Waals surface area contributed by atoms with Crippen molar-refractivity contribution in [1.82, 2.24) is 0 Å². The summed E-state index contributed by atoms with van der Waals surface area (Å²) in [7, 11) is -2.79. The lowest BCUT2D eigenvalue weighted by molar-refractivity contribution is -0.103. The van der Waals surface area contributed by atoms with Crippen LogP contribution in [0.3, 0.4) is 0 Å². The number of hydrogen-bond donors (Lipinski definition) is 0. The van der Waals surface area contributed by atoms with E-state index >= 15 is 0 Å². The third kappa shape index (κ3) is 10.2. The molecular weight excluding hydrogens is 605 g/mol. The molecule has 2 saturated heterocycles. The molecule has 0 spiro atoms. The van der Waals surface area contributed by atoms with Crippen LogP contribution in [-0.2, 0) is 33.2 Å². The molecule has 0 N–H and O–H groups in total. The van der Waals surface area contributed by atoms with Gasteiger partial charge in [-0.25, -0.2) is 0 Å². The first-order chi connectivity index (χ1) is 22.6. The van der Waals surface area contributed by atoms with E-state index in [9.17, 15) is 0 Å². The molecular formula is C40H64O6Si. The minimum absolute atomic E-state index is 0.0551. The van der Waals surface area contributed by atoms with Crippen LogP contribution >= 0.6 is 0 Å². The first-order valence-electron chi connectivity index (χ1n) is 18.5. The zero-order valence-electron chi connectivity index (χ0n) is 30.5. The van der Waals surface area contributed by atoms with Gasteiger partial charge in [0.1, 0.15) is 0 Å². The average molecular weight is 669 g/mol. The van der Waals surface area contributed by atoms with Crippen LogP contribution in [0.2, 0.25) is 12.1 Å². The highest BCUT2D eigenvalue weighted by atomic mass is 28.4. The highest BCUT2D eigenvalue weighted by Gasteiger charge is 2.51. The van der Waals surface area contributed by atoms with Gasteiger partial charge in [-0.05, 0) is 96.4 Å². The van der Waals surface area contributed by atoms with Gasteiger partial charge in [-0.2, -0.15) is 0 Å². The van der Waals surface area contributed by atoms with E-state index in [1.165, 1.54) is 11.1 Å². The van der Waals surface area contributed by atoms with Crippen molar-refractivity contribution in [2.24, 2.45) is 11.8 Å². The van der Waals surface area contributed by atoms with Gasteiger partial charge in [0.15, 0.2) is 0 Å². The lowest BCUT2D eigenvalue weighted by Gasteiger charge is -2.50. The van der Waals surface area contributed by atoms with Gasteiger partial charge in [0.25, 0.3) is 0 Å². The van der Waals surface area contributed by atoms with Crippen LogP contribution in [0.4, 0.5) is 0 Å². The molecule has 0 amide bonds. The summed E-state index contributed by atoms with van der Waals surface area (Å²) in [5.41, 5.74) is 1.50. The van der Waals surface area contributed by atoms with Gasteiger partial charge >= 0.3 is 8.56 Å². The molecule has 0 saturated carbocycles. The Balaban J connectivity index is 1.53. The molecule has 4 atom stereocenters. The van der Waals surface area contributed by atoms with E-state index in [2.05, 4.69) is 109 Å². The fraction of sp³-hybridized carbons (Fsp3) is 0.700. The molecule has 2 aliphatic heterocycles. The normalized spacial score (nSPS) is 21.1. The molecule has 4 rings (SSSR count). The molecule has 47 heavy (non-hydrogen) atoms. The number of rotatable bonds is 23. The number of ether oxygens (including phenoxy) is 4. The summed E-state index contributed by atoms with van der Waals surface area (Å²) in [5, 5.41) is 0. The molecule has 7 heteroatoms. The number of hydrogen-bond acceptors (Lipinski definition) is 6. The highest BCUT2D eigenvalue weighted by molar-refractivity contribution is 6.67. The summed E-state index contributed by atoms with van der Waals surface area (Å²) in [6.07, 6.45) is 7.06. The SMILES string of the molecule is CCC(COCCC[Si](CCCOCC(CC)C1CCO1)(OC(C)C)OC(C)(C)C(C)(c1ccccc1)c1ccccc1)C1CCO1. The fourth-order valence-corrected chi connectivity index (χ4v) is 11.5. The van der Waals surface area contributed by atoms with Crippen molar-refractivity contribution in [1.29, 1.82) is 0 Å². The second-order valence-corrected chi connectivity index (χ2v) is 17.9. The minimum Gasteiger partial charge on any atom is -0.392 e. The van der Waals surface area contributed by atoms with Crippen molar-refractivity contribution < 1.29 is 27.8 Å². The van der Waals surface area contributed by atoms with Gasteiger partial charge in [0.05, 0.1) is 31.0 Å². The molecule has 2 aliphatic rings. The highest BCUT2D eigenvalue weighted by Crippen LogP contribution is 2.46. The topological polar surface area (TPSA) is 55.4 Å². The van der Waals surface area contributed by atoms with Crippen LogP contribution in [0.5, 0.6) is 0 Å². The molecule has 0 bridgehead atoms. The van der Waals surface area contributed by atoms with Crippen LogP contribution in [0.25, 0.3) is 0 Å². The van der Waals surface area contributed by atoms with E-state index in [4.69, 9.17) is 27.8 Å². The molecule has 0 aliphatic carbocycles. The van der Waals surface area contributed by atoms with Crippen molar-refractivity contribution >= 4 is 8.56 Å². The standard InChI is InChI=1S/C40H64O6Si/c1-8-33(37-22-26-43-37)30-41-24-16-28-47(45-32(3)4,29-17-25-42-31-34(9-2)38-23-27-44-38)46-39(5,6)40(7,35-18-12-10-13-19-35)36-20-14-11-15-21-36/h10-15,18-21,32-34,37-38H,8-9,16-17,22-31H2,1-7H3. The van der Waals surface area contributed by atoms with Crippen LogP contribution in [0.15, 0.2) is 60.7 Å². The Morgan fingerprint density at radius 3 is 1.49 bits per heavy atom. The third-order valence-electron chi connectivity index (χ3n) is 10.7. The molecule has 2 aromatic rings. The Kier molecular flexibility index (Phi) is 15.0. The smallest absolute Gasteiger partial charge is 0.338 e. The zero-order chi connectivity index (χ0) is 33.8. The van der Waals surface area contributed by atoms with E-state index in [-0.39, 0.29) is 6.10 Å². The summed E-state index contributed by atoms with van der Waals surface area (Å²) in [6.45, 7) is 20.3. The maximum Gasteiger partial charge on any atom is 0.338 e. The minimum atomic E-state index is -2.79. The molecule has 6 nitrogen and oxygen atoms in total. The van der Waals surface area contributed by atoms with Crippen molar-refractivity contribution in [2.75, 3.05) is 39.6 Å². The predicted molar refractivity (Wildman–Crippen MR) is 193 cm³/mol. The summed E-state index contributed by atoms with van der Waals surface area (Å²) in [6, 6.07) is 23.4. The van der Waals surface area contributed by atoms with Crippen molar-refractivity contribution in [2.45, 2.75) is 128 Å². The molecule has 0 aromatic heterocycles. The molecule has 2 aromatic carbocycles. The molecule has 2 heterocycles. The Bertz CT molecular complexity index is 1060. The van der Waals surface area contributed by atoms with Gasteiger partial charge < -0.3 is 27.8 Å². The average Bonchev–Trinajstić information content (AvgIpc) is 3.01. The van der Waals surface area contributed by atoms with Gasteiger partial charge in [-0.1, -0.05) is 74.5 Å². The predicted octanol–water partition coefficient (Wildman–Crippen LogP) is 9.10. The second-order valence-electron chi connectivity index (χ2n) is 14.6. The monoisotopic (exact) mass is 668 g/mol. The summed E-state index contributed by atoms with van der Waals surface area (Å²) >= 11 is 0. The van der Waals surface area contributed by atoms with Gasteiger partial charge in [-0.15, -0.1) is 0 Å². The maximum absolute atomic E-state index is 7.60. The zero-order valence-corrected chi connectivity index (χ0v) is 31.5. The van der Waals surface area contributed by atoms with Crippen LogP contribution < -0.4 is 0 Å². The van der Waals surface area contributed by atoms with E-state index < -0.39 is 19.6 Å². The quantitative estimate of drug-likeness (QED) is 0.0870. The van der Waals surface area contributed by atoms with Gasteiger partial charge in [0.2, 0.25) is 0 Å². The van der Waals surface area contributed by atoms with E-state index in [1.807, 2.05) is 0 Å². The first kappa shape index (κ1) is 38.2. The molecule has 4 unspecified atom stereocenters. The first-order valence-corrected chi connectivity index (χ1v) is 20.7. The molecule has 264 valence electrons. The van der Waals surface area contributed by atoms with E-state index in [1.54, 1.807) is 0 Å². The fourth-order valence-electron chi connectivity index (χ4n) is 7.35. The van der Waals surface area contributed by atoms with Crippen molar-refractivity contribution in [3.63, 3.8) is 0 Å². The Morgan fingerprint density at radius 1 is 0.723 bits per heavy atom. The third-order valence-corrected chi connectivity index (χ3v) is 14.7. The summed E-state index contributed by atoms with van der Waals surface area (Å²) in [5.74, 6) is 0.944. The van der Waals surface area contributed by atoms with Gasteiger partial charge in [-0.3, -0.25) is 0 Å². The van der Waals surface area contributed by atoms with Gasteiger partial charge in [0, 0.05) is 49.8 Å². The van der Waals surface area contributed by atoms with E-state index in [0.717, 1.165) is 77.0 Å². The van der Waals surface area contributed by atoms with Crippen LogP contribution in [0.1, 0.15) is 98.1 Å². The van der Waals surface area contributed by atoms with Crippen molar-refractivity contribution in [3.05, 3.63) is 71.8 Å². The Hall–Kier alpha value is -1.58. The van der Waals surface area contributed by atoms with Crippen LogP contribution in [0, 0.1) is 11.8 Å². The van der Waals surface area contributed by atoms with Crippen LogP contribution in [-0.4, -0.2) is 72.1 Å². The lowest BCUT2D eigenvalue weighted by atomic mass is 9.66. The van der Waals surface area contributed by atoms with E-state index in [0.29, 0.717) is 37.3 Å². The summed E-state index contributed by atoms with van der Waals surface area (Å²) < 4.78 is 38.8. The lowest BCUT2D eigenvalue weighted by Crippen LogP contribution is -2.57. The Labute approximate surface area is 287 Å².